The summed E-state index contributed by atoms with van der Waals surface area (Å²) in [5, 5.41) is 6.98. The van der Waals surface area contributed by atoms with Gasteiger partial charge < -0.3 is 23.9 Å². The number of hydrogen-bond acceptors (Lipinski definition) is 7. The maximum absolute atomic E-state index is 12.6. The SMILES string of the molecule is Cc1cc(C[C@H]2COC[C@H]2NC(=O)c2ccc(CN3CCN(C)CC3)o2)on1. The lowest BCUT2D eigenvalue weighted by Crippen LogP contribution is -2.43. The summed E-state index contributed by atoms with van der Waals surface area (Å²) in [6.45, 7) is 7.87. The van der Waals surface area contributed by atoms with E-state index in [4.69, 9.17) is 13.7 Å². The summed E-state index contributed by atoms with van der Waals surface area (Å²) >= 11 is 0. The highest BCUT2D eigenvalue weighted by molar-refractivity contribution is 5.91. The number of furan rings is 1. The molecule has 8 heteroatoms. The van der Waals surface area contributed by atoms with Crippen molar-refractivity contribution in [3.63, 3.8) is 0 Å². The number of nitrogens with one attached hydrogen (secondary N) is 1. The number of carbonyl (C=O) groups excluding carboxylic acids is 1. The van der Waals surface area contributed by atoms with Gasteiger partial charge in [0.2, 0.25) is 0 Å². The molecule has 0 saturated carbocycles. The predicted octanol–water partition coefficient (Wildman–Crippen LogP) is 1.31. The van der Waals surface area contributed by atoms with Crippen molar-refractivity contribution in [1.82, 2.24) is 20.3 Å². The van der Waals surface area contributed by atoms with Gasteiger partial charge in [0.1, 0.15) is 11.5 Å². The van der Waals surface area contributed by atoms with Crippen LogP contribution in [0.1, 0.15) is 27.8 Å². The Morgan fingerprint density at radius 1 is 1.21 bits per heavy atom. The second kappa shape index (κ2) is 8.46. The predicted molar refractivity (Wildman–Crippen MR) is 102 cm³/mol. The Bertz CT molecular complexity index is 794. The van der Waals surface area contributed by atoms with E-state index in [2.05, 4.69) is 27.3 Å². The van der Waals surface area contributed by atoms with Crippen LogP contribution in [-0.2, 0) is 17.7 Å². The van der Waals surface area contributed by atoms with Gasteiger partial charge in [-0.2, -0.15) is 0 Å². The number of likely N-dealkylation sites (N-methyl/N-ethyl adjacent to an activating group) is 1. The molecular weight excluding hydrogens is 360 g/mol. The molecule has 2 aromatic rings. The second-order valence-corrected chi connectivity index (χ2v) is 7.86. The van der Waals surface area contributed by atoms with Gasteiger partial charge in [-0.15, -0.1) is 0 Å². The van der Waals surface area contributed by atoms with Crippen molar-refractivity contribution in [2.75, 3.05) is 46.4 Å². The first kappa shape index (κ1) is 19.2. The summed E-state index contributed by atoms with van der Waals surface area (Å²) in [7, 11) is 2.14. The molecule has 2 aromatic heterocycles. The molecule has 0 unspecified atom stereocenters. The van der Waals surface area contributed by atoms with Crippen molar-refractivity contribution < 1.29 is 18.5 Å². The summed E-state index contributed by atoms with van der Waals surface area (Å²) in [5.41, 5.74) is 0.859. The molecule has 2 fully saturated rings. The molecular formula is C20H28N4O4. The van der Waals surface area contributed by atoms with E-state index in [1.54, 1.807) is 6.07 Å². The maximum atomic E-state index is 12.6. The van der Waals surface area contributed by atoms with E-state index in [9.17, 15) is 4.79 Å². The highest BCUT2D eigenvalue weighted by Crippen LogP contribution is 2.21. The van der Waals surface area contributed by atoms with Gasteiger partial charge in [-0.3, -0.25) is 9.69 Å². The van der Waals surface area contributed by atoms with E-state index < -0.39 is 0 Å². The molecule has 0 radical (unpaired) electrons. The van der Waals surface area contributed by atoms with Crippen molar-refractivity contribution in [1.29, 1.82) is 0 Å². The minimum Gasteiger partial charge on any atom is -0.455 e. The molecule has 1 amide bonds. The average molecular weight is 388 g/mol. The van der Waals surface area contributed by atoms with Crippen LogP contribution < -0.4 is 5.32 Å². The highest BCUT2D eigenvalue weighted by Gasteiger charge is 2.31. The van der Waals surface area contributed by atoms with Gasteiger partial charge in [-0.05, 0) is 26.1 Å². The van der Waals surface area contributed by atoms with Crippen LogP contribution in [0, 0.1) is 12.8 Å². The third-order valence-electron chi connectivity index (χ3n) is 5.52. The summed E-state index contributed by atoms with van der Waals surface area (Å²) in [6, 6.07) is 5.51. The largest absolute Gasteiger partial charge is 0.455 e. The molecule has 2 saturated heterocycles. The summed E-state index contributed by atoms with van der Waals surface area (Å²) < 4.78 is 16.7. The molecule has 0 aromatic carbocycles. The average Bonchev–Trinajstić information content (AvgIpc) is 3.40. The van der Waals surface area contributed by atoms with E-state index in [1.165, 1.54) is 0 Å². The molecule has 0 aliphatic carbocycles. The lowest BCUT2D eigenvalue weighted by Gasteiger charge is -2.31. The van der Waals surface area contributed by atoms with Crippen molar-refractivity contribution in [2.45, 2.75) is 25.9 Å². The zero-order valence-electron chi connectivity index (χ0n) is 16.5. The Morgan fingerprint density at radius 2 is 2.04 bits per heavy atom. The summed E-state index contributed by atoms with van der Waals surface area (Å²) in [5.74, 6) is 1.96. The number of hydrogen-bond donors (Lipinski definition) is 1. The number of carbonyl (C=O) groups is 1. The summed E-state index contributed by atoms with van der Waals surface area (Å²) in [4.78, 5) is 17.3. The van der Waals surface area contributed by atoms with Gasteiger partial charge in [-0.25, -0.2) is 0 Å². The molecule has 2 aliphatic rings. The Kier molecular flexibility index (Phi) is 5.79. The summed E-state index contributed by atoms with van der Waals surface area (Å²) in [6.07, 6.45) is 0.693. The van der Waals surface area contributed by atoms with Crippen molar-refractivity contribution in [3.8, 4) is 0 Å². The van der Waals surface area contributed by atoms with Gasteiger partial charge in [-0.1, -0.05) is 5.16 Å². The minimum atomic E-state index is -0.195. The number of rotatable bonds is 6. The van der Waals surface area contributed by atoms with Gasteiger partial charge >= 0.3 is 0 Å². The third kappa shape index (κ3) is 4.63. The molecule has 152 valence electrons. The molecule has 8 nitrogen and oxygen atoms in total. The fourth-order valence-corrected chi connectivity index (χ4v) is 3.78. The highest BCUT2D eigenvalue weighted by atomic mass is 16.5. The fourth-order valence-electron chi connectivity index (χ4n) is 3.78. The first-order valence-corrected chi connectivity index (χ1v) is 9.87. The molecule has 0 bridgehead atoms. The normalized spacial score (nSPS) is 23.9. The lowest BCUT2D eigenvalue weighted by atomic mass is 9.98. The third-order valence-corrected chi connectivity index (χ3v) is 5.52. The number of piperazine rings is 1. The Labute approximate surface area is 164 Å². The number of ether oxygens (including phenoxy) is 1. The number of aryl methyl sites for hydroxylation is 1. The molecule has 28 heavy (non-hydrogen) atoms. The standard InChI is InChI=1S/C20H28N4O4/c1-14-9-17(28-22-14)10-15-12-26-13-18(15)21-20(25)19-4-3-16(27-19)11-24-7-5-23(2)6-8-24/h3-4,9,15,18H,5-8,10-13H2,1-2H3,(H,21,25)/t15-,18+/m0/s1. The maximum Gasteiger partial charge on any atom is 0.287 e. The molecule has 4 heterocycles. The van der Waals surface area contributed by atoms with Gasteiger partial charge in [0.25, 0.3) is 5.91 Å². The van der Waals surface area contributed by atoms with E-state index in [1.807, 2.05) is 19.1 Å². The van der Waals surface area contributed by atoms with E-state index in [0.29, 0.717) is 25.4 Å². The number of aromatic nitrogens is 1. The van der Waals surface area contributed by atoms with E-state index in [0.717, 1.165) is 49.9 Å². The first-order valence-electron chi connectivity index (χ1n) is 9.87. The molecule has 0 spiro atoms. The smallest absolute Gasteiger partial charge is 0.287 e. The van der Waals surface area contributed by atoms with Crippen LogP contribution in [0.4, 0.5) is 0 Å². The number of nitrogens with zero attached hydrogens (tertiary/aromatic N) is 3. The topological polar surface area (TPSA) is 84.0 Å². The van der Waals surface area contributed by atoms with E-state index in [-0.39, 0.29) is 17.9 Å². The van der Waals surface area contributed by atoms with E-state index >= 15 is 0 Å². The minimum absolute atomic E-state index is 0.0657. The van der Waals surface area contributed by atoms with Crippen LogP contribution >= 0.6 is 0 Å². The molecule has 4 rings (SSSR count). The Morgan fingerprint density at radius 3 is 2.79 bits per heavy atom. The van der Waals surface area contributed by atoms with Crippen LogP contribution in [0.15, 0.2) is 27.1 Å². The monoisotopic (exact) mass is 388 g/mol. The van der Waals surface area contributed by atoms with Crippen molar-refractivity contribution >= 4 is 5.91 Å². The molecule has 2 atom stereocenters. The first-order chi connectivity index (χ1) is 13.6. The lowest BCUT2D eigenvalue weighted by molar-refractivity contribution is 0.0889. The Balaban J connectivity index is 1.31. The quantitative estimate of drug-likeness (QED) is 0.799. The second-order valence-electron chi connectivity index (χ2n) is 7.86. The van der Waals surface area contributed by atoms with Gasteiger partial charge in [0, 0.05) is 44.6 Å². The molecule has 1 N–H and O–H groups in total. The van der Waals surface area contributed by atoms with Crippen molar-refractivity contribution in [3.05, 3.63) is 41.2 Å². The van der Waals surface area contributed by atoms with Crippen LogP contribution in [0.3, 0.4) is 0 Å². The van der Waals surface area contributed by atoms with Crippen LogP contribution in [0.25, 0.3) is 0 Å². The fraction of sp³-hybridized carbons (Fsp3) is 0.600. The Hall–Kier alpha value is -2.16. The zero-order valence-corrected chi connectivity index (χ0v) is 16.5. The van der Waals surface area contributed by atoms with Crippen LogP contribution in [-0.4, -0.2) is 73.3 Å². The van der Waals surface area contributed by atoms with Gasteiger partial charge in [0.05, 0.1) is 31.5 Å². The van der Waals surface area contributed by atoms with Crippen molar-refractivity contribution in [2.24, 2.45) is 5.92 Å². The van der Waals surface area contributed by atoms with Crippen LogP contribution in [0.5, 0.6) is 0 Å². The van der Waals surface area contributed by atoms with Crippen LogP contribution in [0.2, 0.25) is 0 Å². The molecule has 2 aliphatic heterocycles. The zero-order chi connectivity index (χ0) is 19.5. The van der Waals surface area contributed by atoms with Gasteiger partial charge in [0.15, 0.2) is 5.76 Å². The number of amides is 1.